The molecule has 1 aliphatic heterocycles. The van der Waals surface area contributed by atoms with Crippen LogP contribution in [0.3, 0.4) is 0 Å². The van der Waals surface area contributed by atoms with Crippen LogP contribution in [0.25, 0.3) is 5.57 Å². The second-order valence-electron chi connectivity index (χ2n) is 4.24. The van der Waals surface area contributed by atoms with Crippen molar-refractivity contribution in [2.75, 3.05) is 5.33 Å². The summed E-state index contributed by atoms with van der Waals surface area (Å²) in [5.74, 6) is 1.01. The molecule has 0 saturated heterocycles. The van der Waals surface area contributed by atoms with Crippen LogP contribution in [0.1, 0.15) is 16.7 Å². The molecule has 1 aliphatic rings. The molecule has 18 heavy (non-hydrogen) atoms. The number of benzene rings is 2. The molecule has 0 bridgehead atoms. The van der Waals surface area contributed by atoms with Crippen molar-refractivity contribution in [2.45, 2.75) is 6.61 Å². The van der Waals surface area contributed by atoms with Crippen molar-refractivity contribution in [3.63, 3.8) is 0 Å². The van der Waals surface area contributed by atoms with Crippen LogP contribution < -0.4 is 0 Å². The van der Waals surface area contributed by atoms with Gasteiger partial charge in [-0.1, -0.05) is 70.5 Å². The fraction of sp³-hybridized carbons (Fsp3) is 0.125. The van der Waals surface area contributed by atoms with Crippen LogP contribution in [-0.2, 0) is 11.3 Å². The summed E-state index contributed by atoms with van der Waals surface area (Å²) < 4.78 is 5.85. The number of allylic oxidation sites excluding steroid dienone is 1. The van der Waals surface area contributed by atoms with Crippen LogP contribution in [0.15, 0.2) is 60.4 Å². The lowest BCUT2D eigenvalue weighted by Gasteiger charge is -2.23. The third kappa shape index (κ3) is 1.97. The van der Waals surface area contributed by atoms with Crippen LogP contribution in [0.5, 0.6) is 0 Å². The number of fused-ring (bicyclic) bond motifs is 1. The van der Waals surface area contributed by atoms with Crippen molar-refractivity contribution in [1.82, 2.24) is 0 Å². The average molecular weight is 301 g/mol. The first-order valence-electron chi connectivity index (χ1n) is 5.96. The molecule has 2 heteroatoms. The summed E-state index contributed by atoms with van der Waals surface area (Å²) >= 11 is 3.52. The van der Waals surface area contributed by atoms with Gasteiger partial charge >= 0.3 is 0 Å². The third-order valence-corrected chi connectivity index (χ3v) is 3.66. The summed E-state index contributed by atoms with van der Waals surface area (Å²) in [6.45, 7) is 0.660. The summed E-state index contributed by atoms with van der Waals surface area (Å²) in [7, 11) is 0. The Morgan fingerprint density at radius 1 is 0.944 bits per heavy atom. The number of halogens is 1. The van der Waals surface area contributed by atoms with Gasteiger partial charge in [0.1, 0.15) is 12.4 Å². The average Bonchev–Trinajstić information content (AvgIpc) is 2.47. The number of alkyl halides is 1. The van der Waals surface area contributed by atoms with Crippen LogP contribution in [0.2, 0.25) is 0 Å². The second kappa shape index (κ2) is 4.99. The summed E-state index contributed by atoms with van der Waals surface area (Å²) in [5, 5.41) is 0.742. The first-order chi connectivity index (χ1) is 8.90. The van der Waals surface area contributed by atoms with Gasteiger partial charge in [-0.3, -0.25) is 0 Å². The Kier molecular flexibility index (Phi) is 3.20. The smallest absolute Gasteiger partial charge is 0.115 e. The maximum absolute atomic E-state index is 5.85. The molecule has 0 unspecified atom stereocenters. The largest absolute Gasteiger partial charge is 0.492 e. The molecule has 2 aromatic carbocycles. The summed E-state index contributed by atoms with van der Waals surface area (Å²) in [6, 6.07) is 18.9. The van der Waals surface area contributed by atoms with E-state index in [1.165, 1.54) is 22.3 Å². The van der Waals surface area contributed by atoms with E-state index < -0.39 is 0 Å². The lowest BCUT2D eigenvalue weighted by atomic mass is 9.92. The Bertz CT molecular complexity index is 587. The van der Waals surface area contributed by atoms with Crippen molar-refractivity contribution < 1.29 is 4.74 Å². The first kappa shape index (κ1) is 11.5. The van der Waals surface area contributed by atoms with Crippen LogP contribution in [0, 0.1) is 0 Å². The minimum Gasteiger partial charge on any atom is -0.492 e. The number of rotatable bonds is 2. The van der Waals surface area contributed by atoms with E-state index in [0.29, 0.717) is 6.61 Å². The highest BCUT2D eigenvalue weighted by molar-refractivity contribution is 9.09. The van der Waals surface area contributed by atoms with E-state index in [9.17, 15) is 0 Å². The fourth-order valence-electron chi connectivity index (χ4n) is 2.30. The summed E-state index contributed by atoms with van der Waals surface area (Å²) in [5.41, 5.74) is 4.94. The minimum atomic E-state index is 0.660. The minimum absolute atomic E-state index is 0.660. The highest BCUT2D eigenvalue weighted by Crippen LogP contribution is 2.35. The van der Waals surface area contributed by atoms with Gasteiger partial charge in [0.25, 0.3) is 0 Å². The molecule has 2 aromatic rings. The van der Waals surface area contributed by atoms with Gasteiger partial charge in [0, 0.05) is 5.57 Å². The van der Waals surface area contributed by atoms with Crippen molar-refractivity contribution in [2.24, 2.45) is 0 Å². The van der Waals surface area contributed by atoms with E-state index in [-0.39, 0.29) is 0 Å². The first-order valence-corrected chi connectivity index (χ1v) is 7.08. The van der Waals surface area contributed by atoms with Gasteiger partial charge in [-0.25, -0.2) is 0 Å². The van der Waals surface area contributed by atoms with Gasteiger partial charge in [-0.2, -0.15) is 0 Å². The number of hydrogen-bond donors (Lipinski definition) is 0. The van der Waals surface area contributed by atoms with Crippen molar-refractivity contribution >= 4 is 21.5 Å². The Balaban J connectivity index is 2.22. The predicted octanol–water partition coefficient (Wildman–Crippen LogP) is 4.37. The zero-order valence-electron chi connectivity index (χ0n) is 9.90. The lowest BCUT2D eigenvalue weighted by Crippen LogP contribution is -2.09. The Hall–Kier alpha value is -1.54. The molecule has 0 fully saturated rings. The standard InChI is InChI=1S/C16H13BrO/c17-10-15-16(12-6-2-1-3-7-12)14-9-5-4-8-13(14)11-18-15/h1-9H,10-11H2. The van der Waals surface area contributed by atoms with E-state index in [0.717, 1.165) is 11.1 Å². The molecule has 0 radical (unpaired) electrons. The van der Waals surface area contributed by atoms with E-state index >= 15 is 0 Å². The van der Waals surface area contributed by atoms with Gasteiger partial charge < -0.3 is 4.74 Å². The SMILES string of the molecule is BrCC1=C(c2ccccc2)c2ccccc2CO1. The number of ether oxygens (including phenoxy) is 1. The molecule has 3 rings (SSSR count). The zero-order chi connectivity index (χ0) is 12.4. The van der Waals surface area contributed by atoms with Crippen LogP contribution >= 0.6 is 15.9 Å². The maximum Gasteiger partial charge on any atom is 0.115 e. The molecule has 0 spiro atoms. The van der Waals surface area contributed by atoms with E-state index in [2.05, 4.69) is 64.5 Å². The van der Waals surface area contributed by atoms with Crippen LogP contribution in [0.4, 0.5) is 0 Å². The molecule has 1 nitrogen and oxygen atoms in total. The van der Waals surface area contributed by atoms with Crippen molar-refractivity contribution in [1.29, 1.82) is 0 Å². The van der Waals surface area contributed by atoms with Gasteiger partial charge in [0.05, 0.1) is 5.33 Å². The van der Waals surface area contributed by atoms with E-state index in [4.69, 9.17) is 4.74 Å². The second-order valence-corrected chi connectivity index (χ2v) is 4.80. The fourth-order valence-corrected chi connectivity index (χ4v) is 2.75. The quantitative estimate of drug-likeness (QED) is 0.748. The van der Waals surface area contributed by atoms with Crippen molar-refractivity contribution in [3.8, 4) is 0 Å². The van der Waals surface area contributed by atoms with Gasteiger partial charge in [0.2, 0.25) is 0 Å². The molecule has 0 atom stereocenters. The van der Waals surface area contributed by atoms with Gasteiger partial charge in [0.15, 0.2) is 0 Å². The Morgan fingerprint density at radius 2 is 1.67 bits per heavy atom. The molecular weight excluding hydrogens is 288 g/mol. The molecule has 0 saturated carbocycles. The molecular formula is C16H13BrO. The summed E-state index contributed by atoms with van der Waals surface area (Å²) in [4.78, 5) is 0. The van der Waals surface area contributed by atoms with Crippen molar-refractivity contribution in [3.05, 3.63) is 77.0 Å². The molecule has 0 aliphatic carbocycles. The third-order valence-electron chi connectivity index (χ3n) is 3.15. The Morgan fingerprint density at radius 3 is 2.44 bits per heavy atom. The molecule has 90 valence electrons. The molecule has 0 amide bonds. The highest BCUT2D eigenvalue weighted by atomic mass is 79.9. The van der Waals surface area contributed by atoms with Gasteiger partial charge in [-0.05, 0) is 16.7 Å². The topological polar surface area (TPSA) is 9.23 Å². The maximum atomic E-state index is 5.85. The van der Waals surface area contributed by atoms with E-state index in [1.807, 2.05) is 6.07 Å². The monoisotopic (exact) mass is 300 g/mol. The van der Waals surface area contributed by atoms with E-state index in [1.54, 1.807) is 0 Å². The molecule has 0 aromatic heterocycles. The summed E-state index contributed by atoms with van der Waals surface area (Å²) in [6.07, 6.45) is 0. The van der Waals surface area contributed by atoms with Gasteiger partial charge in [-0.15, -0.1) is 0 Å². The zero-order valence-corrected chi connectivity index (χ0v) is 11.5. The van der Waals surface area contributed by atoms with Crippen LogP contribution in [-0.4, -0.2) is 5.33 Å². The molecule has 0 N–H and O–H groups in total. The Labute approximate surface area is 115 Å². The lowest BCUT2D eigenvalue weighted by molar-refractivity contribution is 0.199. The predicted molar refractivity (Wildman–Crippen MR) is 77.5 cm³/mol. The highest BCUT2D eigenvalue weighted by Gasteiger charge is 2.20. The number of hydrogen-bond acceptors (Lipinski definition) is 1. The molecule has 1 heterocycles. The normalized spacial score (nSPS) is 14.1.